The Bertz CT molecular complexity index is 930. The van der Waals surface area contributed by atoms with E-state index in [0.717, 1.165) is 23.0 Å². The lowest BCUT2D eigenvalue weighted by atomic mass is 10.1. The van der Waals surface area contributed by atoms with E-state index in [9.17, 15) is 21.6 Å². The van der Waals surface area contributed by atoms with E-state index >= 15 is 0 Å². The van der Waals surface area contributed by atoms with Crippen molar-refractivity contribution in [3.63, 3.8) is 0 Å². The maximum Gasteiger partial charge on any atom is 0.511 e. The minimum atomic E-state index is -5.26. The van der Waals surface area contributed by atoms with E-state index in [0.29, 0.717) is 16.8 Å². The van der Waals surface area contributed by atoms with Crippen molar-refractivity contribution in [2.24, 2.45) is 4.99 Å². The zero-order valence-electron chi connectivity index (χ0n) is 16.0. The first-order valence-corrected chi connectivity index (χ1v) is 10.7. The summed E-state index contributed by atoms with van der Waals surface area (Å²) in [4.78, 5) is 7.48. The number of hydrogen-bond donors (Lipinski definition) is 3. The Morgan fingerprint density at radius 3 is 2.59 bits per heavy atom. The van der Waals surface area contributed by atoms with Gasteiger partial charge in [0.25, 0.3) is 0 Å². The summed E-state index contributed by atoms with van der Waals surface area (Å²) in [6, 6.07) is 9.94. The number of alkyl halides is 3. The summed E-state index contributed by atoms with van der Waals surface area (Å²) in [5.74, 6) is 0.540. The molecule has 0 unspecified atom stereocenters. The second-order valence-corrected chi connectivity index (χ2v) is 8.83. The molecule has 1 aromatic heterocycles. The van der Waals surface area contributed by atoms with Gasteiger partial charge in [-0.15, -0.1) is 0 Å². The van der Waals surface area contributed by atoms with Crippen LogP contribution in [0.25, 0.3) is 10.9 Å². The molecule has 0 amide bonds. The standard InChI is InChI=1S/C18H24F3N5O2S/c1-22-17(23-9-6-15-12-13-4-2-3-5-16(13)24-15)25-14-7-10-26(11-8-14)29(27,28)18(19,20)21/h2-5,12,14,24H,6-11H2,1H3,(H2,22,23,25). The van der Waals surface area contributed by atoms with Gasteiger partial charge in [-0.3, -0.25) is 4.99 Å². The Balaban J connectivity index is 1.46. The third kappa shape index (κ3) is 5.02. The largest absolute Gasteiger partial charge is 0.511 e. The average Bonchev–Trinajstić information content (AvgIpc) is 3.09. The third-order valence-electron chi connectivity index (χ3n) is 4.92. The molecule has 7 nitrogen and oxygen atoms in total. The normalized spacial score (nSPS) is 17.6. The second kappa shape index (κ2) is 8.62. The van der Waals surface area contributed by atoms with E-state index in [4.69, 9.17) is 0 Å². The lowest BCUT2D eigenvalue weighted by Gasteiger charge is -2.32. The van der Waals surface area contributed by atoms with Gasteiger partial charge in [0.1, 0.15) is 0 Å². The van der Waals surface area contributed by atoms with Gasteiger partial charge in [0, 0.05) is 50.4 Å². The van der Waals surface area contributed by atoms with Crippen LogP contribution >= 0.6 is 0 Å². The molecule has 160 valence electrons. The number of aliphatic imine (C=N–C) groups is 1. The number of sulfonamides is 1. The van der Waals surface area contributed by atoms with E-state index in [-0.39, 0.29) is 32.0 Å². The van der Waals surface area contributed by atoms with Crippen LogP contribution in [0.1, 0.15) is 18.5 Å². The number of aromatic nitrogens is 1. The maximum atomic E-state index is 12.7. The number of fused-ring (bicyclic) bond motifs is 1. The van der Waals surface area contributed by atoms with Gasteiger partial charge in [-0.05, 0) is 30.4 Å². The van der Waals surface area contributed by atoms with E-state index in [1.807, 2.05) is 24.3 Å². The van der Waals surface area contributed by atoms with Gasteiger partial charge in [-0.2, -0.15) is 17.5 Å². The molecule has 0 atom stereocenters. The van der Waals surface area contributed by atoms with Gasteiger partial charge >= 0.3 is 15.5 Å². The number of para-hydroxylation sites is 1. The first-order valence-electron chi connectivity index (χ1n) is 9.31. The van der Waals surface area contributed by atoms with Crippen LogP contribution in [-0.4, -0.2) is 61.9 Å². The van der Waals surface area contributed by atoms with Crippen LogP contribution in [0.5, 0.6) is 0 Å². The molecule has 0 saturated carbocycles. The van der Waals surface area contributed by atoms with Crippen LogP contribution in [0.2, 0.25) is 0 Å². The molecular formula is C18H24F3N5O2S. The molecular weight excluding hydrogens is 407 g/mol. The van der Waals surface area contributed by atoms with Crippen molar-refractivity contribution in [1.29, 1.82) is 0 Å². The number of piperidine rings is 1. The molecule has 1 aromatic carbocycles. The van der Waals surface area contributed by atoms with Crippen LogP contribution in [0, 0.1) is 0 Å². The van der Waals surface area contributed by atoms with Crippen LogP contribution < -0.4 is 10.6 Å². The number of benzene rings is 1. The maximum absolute atomic E-state index is 12.7. The Labute approximate surface area is 167 Å². The molecule has 0 radical (unpaired) electrons. The van der Waals surface area contributed by atoms with E-state index in [2.05, 4.69) is 26.7 Å². The Hall–Kier alpha value is -2.27. The average molecular weight is 431 g/mol. The number of guanidine groups is 1. The van der Waals surface area contributed by atoms with Crippen molar-refractivity contribution in [3.05, 3.63) is 36.0 Å². The quantitative estimate of drug-likeness (QED) is 0.500. The molecule has 11 heteroatoms. The highest BCUT2D eigenvalue weighted by Gasteiger charge is 2.50. The molecule has 1 saturated heterocycles. The van der Waals surface area contributed by atoms with Crippen molar-refractivity contribution < 1.29 is 21.6 Å². The number of nitrogens with zero attached hydrogens (tertiary/aromatic N) is 2. The molecule has 2 aromatic rings. The van der Waals surface area contributed by atoms with Crippen LogP contribution in [-0.2, 0) is 16.4 Å². The molecule has 0 aliphatic carbocycles. The number of hydrogen-bond acceptors (Lipinski definition) is 3. The Morgan fingerprint density at radius 2 is 1.97 bits per heavy atom. The number of aromatic amines is 1. The zero-order valence-corrected chi connectivity index (χ0v) is 16.8. The first kappa shape index (κ1) is 21.4. The van der Waals surface area contributed by atoms with E-state index < -0.39 is 15.5 Å². The van der Waals surface area contributed by atoms with Gasteiger partial charge in [0.15, 0.2) is 5.96 Å². The first-order chi connectivity index (χ1) is 13.7. The summed E-state index contributed by atoms with van der Waals surface area (Å²) in [7, 11) is -3.64. The van der Waals surface area contributed by atoms with Crippen LogP contribution in [0.3, 0.4) is 0 Å². The molecule has 0 spiro atoms. The summed E-state index contributed by atoms with van der Waals surface area (Å²) in [5, 5.41) is 7.48. The smallest absolute Gasteiger partial charge is 0.358 e. The molecule has 1 fully saturated rings. The van der Waals surface area contributed by atoms with Crippen molar-refractivity contribution in [1.82, 2.24) is 19.9 Å². The molecule has 1 aliphatic heterocycles. The highest BCUT2D eigenvalue weighted by Crippen LogP contribution is 2.28. The number of rotatable bonds is 5. The number of nitrogens with one attached hydrogen (secondary N) is 3. The Kier molecular flexibility index (Phi) is 6.37. The molecule has 3 N–H and O–H groups in total. The number of halogens is 3. The van der Waals surface area contributed by atoms with Crippen molar-refractivity contribution in [2.45, 2.75) is 30.8 Å². The summed E-state index contributed by atoms with van der Waals surface area (Å²) < 4.78 is 61.4. The fourth-order valence-corrected chi connectivity index (χ4v) is 4.34. The summed E-state index contributed by atoms with van der Waals surface area (Å²) in [6.07, 6.45) is 1.30. The summed E-state index contributed by atoms with van der Waals surface area (Å²) >= 11 is 0. The lowest BCUT2D eigenvalue weighted by Crippen LogP contribution is -2.51. The predicted molar refractivity (Wildman–Crippen MR) is 106 cm³/mol. The van der Waals surface area contributed by atoms with Crippen LogP contribution in [0.15, 0.2) is 35.3 Å². The fraction of sp³-hybridized carbons (Fsp3) is 0.500. The highest BCUT2D eigenvalue weighted by atomic mass is 32.2. The topological polar surface area (TPSA) is 89.6 Å². The van der Waals surface area contributed by atoms with Gasteiger partial charge in [-0.25, -0.2) is 8.42 Å². The molecule has 1 aliphatic rings. The minimum Gasteiger partial charge on any atom is -0.358 e. The third-order valence-corrected chi connectivity index (χ3v) is 6.55. The lowest BCUT2D eigenvalue weighted by molar-refractivity contribution is -0.0494. The predicted octanol–water partition coefficient (Wildman–Crippen LogP) is 2.19. The Morgan fingerprint density at radius 1 is 1.28 bits per heavy atom. The van der Waals surface area contributed by atoms with Crippen molar-refractivity contribution in [3.8, 4) is 0 Å². The summed E-state index contributed by atoms with van der Waals surface area (Å²) in [5.41, 5.74) is -3.10. The van der Waals surface area contributed by atoms with E-state index in [1.54, 1.807) is 7.05 Å². The number of H-pyrrole nitrogens is 1. The summed E-state index contributed by atoms with van der Waals surface area (Å²) in [6.45, 7) is 0.269. The molecule has 0 bridgehead atoms. The highest BCUT2D eigenvalue weighted by molar-refractivity contribution is 7.90. The minimum absolute atomic E-state index is 0.144. The molecule has 3 rings (SSSR count). The second-order valence-electron chi connectivity index (χ2n) is 6.90. The molecule has 2 heterocycles. The van der Waals surface area contributed by atoms with Gasteiger partial charge < -0.3 is 15.6 Å². The van der Waals surface area contributed by atoms with Crippen molar-refractivity contribution >= 4 is 26.9 Å². The fourth-order valence-electron chi connectivity index (χ4n) is 3.36. The van der Waals surface area contributed by atoms with Gasteiger partial charge in [0.2, 0.25) is 0 Å². The SMILES string of the molecule is CN=C(NCCc1cc2ccccc2[nH]1)NC1CCN(S(=O)(=O)C(F)(F)F)CC1. The van der Waals surface area contributed by atoms with E-state index in [1.165, 1.54) is 0 Å². The van der Waals surface area contributed by atoms with Gasteiger partial charge in [0.05, 0.1) is 0 Å². The van der Waals surface area contributed by atoms with Crippen molar-refractivity contribution in [2.75, 3.05) is 26.7 Å². The molecule has 29 heavy (non-hydrogen) atoms. The monoisotopic (exact) mass is 431 g/mol. The zero-order chi connectivity index (χ0) is 21.1. The van der Waals surface area contributed by atoms with Gasteiger partial charge in [-0.1, -0.05) is 18.2 Å². The van der Waals surface area contributed by atoms with Crippen LogP contribution in [0.4, 0.5) is 13.2 Å².